The van der Waals surface area contributed by atoms with Crippen LogP contribution in [0.4, 0.5) is 0 Å². The van der Waals surface area contributed by atoms with Gasteiger partial charge in [-0.1, -0.05) is 24.4 Å². The monoisotopic (exact) mass is 270 g/mol. The van der Waals surface area contributed by atoms with Gasteiger partial charge >= 0.3 is 0 Å². The molecule has 0 aromatic heterocycles. The van der Waals surface area contributed by atoms with Crippen LogP contribution in [0.25, 0.3) is 0 Å². The van der Waals surface area contributed by atoms with E-state index in [0.29, 0.717) is 5.56 Å². The summed E-state index contributed by atoms with van der Waals surface area (Å²) in [5, 5.41) is 0. The molecule has 1 aliphatic carbocycles. The van der Waals surface area contributed by atoms with Crippen molar-refractivity contribution in [2.45, 2.75) is 30.2 Å². The number of hydrogen-bond donors (Lipinski definition) is 2. The fourth-order valence-electron chi connectivity index (χ4n) is 1.49. The molecule has 6 heteroatoms. The Hall–Kier alpha value is -0.980. The highest BCUT2D eigenvalue weighted by molar-refractivity contribution is 7.89. The van der Waals surface area contributed by atoms with Crippen LogP contribution in [0.1, 0.15) is 25.3 Å². The topological polar surface area (TPSA) is 72.2 Å². The van der Waals surface area contributed by atoms with Crippen molar-refractivity contribution in [2.24, 2.45) is 5.73 Å². The molecular weight excluding hydrogens is 256 g/mol. The van der Waals surface area contributed by atoms with Gasteiger partial charge in [0, 0.05) is 11.1 Å². The molecule has 4 nitrogen and oxygen atoms in total. The maximum Gasteiger partial charge on any atom is 0.241 e. The molecule has 1 aliphatic rings. The summed E-state index contributed by atoms with van der Waals surface area (Å²) in [5.74, 6) is 0. The van der Waals surface area contributed by atoms with Gasteiger partial charge in [0.05, 0.1) is 4.90 Å². The van der Waals surface area contributed by atoms with Crippen LogP contribution in [0.5, 0.6) is 0 Å². The second-order valence-electron chi connectivity index (χ2n) is 4.56. The summed E-state index contributed by atoms with van der Waals surface area (Å²) >= 11 is 4.83. The van der Waals surface area contributed by atoms with Gasteiger partial charge < -0.3 is 5.73 Å². The summed E-state index contributed by atoms with van der Waals surface area (Å²) in [6.45, 7) is 1.89. The maximum absolute atomic E-state index is 12.1. The minimum Gasteiger partial charge on any atom is -0.389 e. The molecule has 1 saturated carbocycles. The van der Waals surface area contributed by atoms with Gasteiger partial charge in [0.1, 0.15) is 4.99 Å². The van der Waals surface area contributed by atoms with Crippen molar-refractivity contribution >= 4 is 27.2 Å². The minimum atomic E-state index is -3.48. The molecule has 2 rings (SSSR count). The third kappa shape index (κ3) is 2.83. The zero-order chi connectivity index (χ0) is 12.7. The van der Waals surface area contributed by atoms with Crippen molar-refractivity contribution in [3.63, 3.8) is 0 Å². The van der Waals surface area contributed by atoms with E-state index < -0.39 is 10.0 Å². The van der Waals surface area contributed by atoms with E-state index in [0.717, 1.165) is 12.8 Å². The zero-order valence-corrected chi connectivity index (χ0v) is 11.1. The Morgan fingerprint density at radius 2 is 2.12 bits per heavy atom. The number of nitrogens with two attached hydrogens (primary N) is 1. The highest BCUT2D eigenvalue weighted by Crippen LogP contribution is 2.35. The molecule has 1 aromatic rings. The fraction of sp³-hybridized carbons (Fsp3) is 0.364. The van der Waals surface area contributed by atoms with Crippen molar-refractivity contribution in [2.75, 3.05) is 0 Å². The van der Waals surface area contributed by atoms with Crippen LogP contribution < -0.4 is 10.5 Å². The van der Waals surface area contributed by atoms with Crippen molar-refractivity contribution in [3.05, 3.63) is 29.8 Å². The van der Waals surface area contributed by atoms with E-state index in [1.807, 2.05) is 6.92 Å². The first-order valence-corrected chi connectivity index (χ1v) is 7.15. The van der Waals surface area contributed by atoms with E-state index in [-0.39, 0.29) is 15.4 Å². The highest BCUT2D eigenvalue weighted by atomic mass is 32.2. The summed E-state index contributed by atoms with van der Waals surface area (Å²) in [6.07, 6.45) is 1.75. The van der Waals surface area contributed by atoms with Gasteiger partial charge in [-0.3, -0.25) is 0 Å². The Kier molecular flexibility index (Phi) is 2.97. The Morgan fingerprint density at radius 3 is 2.65 bits per heavy atom. The van der Waals surface area contributed by atoms with Gasteiger partial charge in [0.2, 0.25) is 10.0 Å². The zero-order valence-electron chi connectivity index (χ0n) is 9.43. The Bertz CT molecular complexity index is 563. The summed E-state index contributed by atoms with van der Waals surface area (Å²) in [6, 6.07) is 6.37. The summed E-state index contributed by atoms with van der Waals surface area (Å²) in [4.78, 5) is 0.399. The van der Waals surface area contributed by atoms with Crippen LogP contribution in [0, 0.1) is 0 Å². The van der Waals surface area contributed by atoms with Gasteiger partial charge in [0.15, 0.2) is 0 Å². The van der Waals surface area contributed by atoms with Gasteiger partial charge in [-0.05, 0) is 31.9 Å². The molecule has 1 aromatic carbocycles. The van der Waals surface area contributed by atoms with Gasteiger partial charge in [0.25, 0.3) is 0 Å². The normalized spacial score (nSPS) is 17.7. The SMILES string of the molecule is CC1(NS(=O)(=O)c2cccc(C(N)=S)c2)CC1. The molecule has 0 atom stereocenters. The molecule has 0 heterocycles. The molecule has 92 valence electrons. The van der Waals surface area contributed by atoms with Crippen molar-refractivity contribution < 1.29 is 8.42 Å². The fourth-order valence-corrected chi connectivity index (χ4v) is 3.13. The maximum atomic E-state index is 12.1. The number of rotatable bonds is 4. The second-order valence-corrected chi connectivity index (χ2v) is 6.68. The first-order chi connectivity index (χ1) is 7.82. The Balaban J connectivity index is 2.32. The van der Waals surface area contributed by atoms with Crippen molar-refractivity contribution in [1.82, 2.24) is 4.72 Å². The predicted octanol–water partition coefficient (Wildman–Crippen LogP) is 1.15. The van der Waals surface area contributed by atoms with E-state index in [4.69, 9.17) is 18.0 Å². The molecule has 1 fully saturated rings. The predicted molar refractivity (Wildman–Crippen MR) is 70.3 cm³/mol. The molecule has 0 spiro atoms. The van der Waals surface area contributed by atoms with Crippen molar-refractivity contribution in [1.29, 1.82) is 0 Å². The quantitative estimate of drug-likeness (QED) is 0.805. The molecule has 0 unspecified atom stereocenters. The van der Waals surface area contributed by atoms with Gasteiger partial charge in [-0.25, -0.2) is 13.1 Å². The second kappa shape index (κ2) is 4.04. The third-order valence-corrected chi connectivity index (χ3v) is 4.68. The summed E-state index contributed by atoms with van der Waals surface area (Å²) < 4.78 is 26.8. The molecule has 0 radical (unpaired) electrons. The molecule has 0 amide bonds. The van der Waals surface area contributed by atoms with Gasteiger partial charge in [-0.2, -0.15) is 0 Å². The average Bonchev–Trinajstić information content (AvgIpc) is 2.95. The van der Waals surface area contributed by atoms with Crippen LogP contribution in [0.2, 0.25) is 0 Å². The van der Waals surface area contributed by atoms with E-state index in [2.05, 4.69) is 4.72 Å². The number of nitrogens with one attached hydrogen (secondary N) is 1. The van der Waals surface area contributed by atoms with E-state index in [1.54, 1.807) is 12.1 Å². The summed E-state index contributed by atoms with van der Waals surface area (Å²) in [5.41, 5.74) is 5.76. The Labute approximate surface area is 106 Å². The highest BCUT2D eigenvalue weighted by Gasteiger charge is 2.41. The number of thiocarbonyl (C=S) groups is 1. The lowest BCUT2D eigenvalue weighted by molar-refractivity contribution is 0.558. The van der Waals surface area contributed by atoms with E-state index >= 15 is 0 Å². The smallest absolute Gasteiger partial charge is 0.241 e. The first kappa shape index (κ1) is 12.5. The van der Waals surface area contributed by atoms with Crippen LogP contribution in [-0.4, -0.2) is 18.9 Å². The van der Waals surface area contributed by atoms with Gasteiger partial charge in [-0.15, -0.1) is 0 Å². The third-order valence-electron chi connectivity index (χ3n) is 2.81. The number of sulfonamides is 1. The lowest BCUT2D eigenvalue weighted by Gasteiger charge is -2.12. The summed E-state index contributed by atoms with van der Waals surface area (Å²) in [7, 11) is -3.48. The van der Waals surface area contributed by atoms with Crippen LogP contribution in [0.15, 0.2) is 29.2 Å². The van der Waals surface area contributed by atoms with E-state index in [1.165, 1.54) is 12.1 Å². The Morgan fingerprint density at radius 1 is 1.47 bits per heavy atom. The number of benzene rings is 1. The molecule has 0 aliphatic heterocycles. The molecule has 17 heavy (non-hydrogen) atoms. The largest absolute Gasteiger partial charge is 0.389 e. The molecule has 0 saturated heterocycles. The lowest BCUT2D eigenvalue weighted by atomic mass is 10.2. The lowest BCUT2D eigenvalue weighted by Crippen LogP contribution is -2.34. The minimum absolute atomic E-state index is 0.194. The molecule has 0 bridgehead atoms. The molecular formula is C11H14N2O2S2. The van der Waals surface area contributed by atoms with Crippen molar-refractivity contribution in [3.8, 4) is 0 Å². The van der Waals surface area contributed by atoms with Crippen LogP contribution in [0.3, 0.4) is 0 Å². The van der Waals surface area contributed by atoms with E-state index in [9.17, 15) is 8.42 Å². The standard InChI is InChI=1S/C11H14N2O2S2/c1-11(5-6-11)13-17(14,15)9-4-2-3-8(7-9)10(12)16/h2-4,7,13H,5-6H2,1H3,(H2,12,16). The van der Waals surface area contributed by atoms with Crippen LogP contribution >= 0.6 is 12.2 Å². The van der Waals surface area contributed by atoms with Crippen LogP contribution in [-0.2, 0) is 10.0 Å². The average molecular weight is 270 g/mol. The number of hydrogen-bond acceptors (Lipinski definition) is 3. The first-order valence-electron chi connectivity index (χ1n) is 5.26. The molecule has 3 N–H and O–H groups in total.